The van der Waals surface area contributed by atoms with Gasteiger partial charge < -0.3 is 4.74 Å². The van der Waals surface area contributed by atoms with Gasteiger partial charge >= 0.3 is 0 Å². The molecular weight excluding hydrogens is 214 g/mol. The molecule has 0 spiro atoms. The van der Waals surface area contributed by atoms with Gasteiger partial charge in [-0.15, -0.1) is 0 Å². The zero-order valence-electron chi connectivity index (χ0n) is 10.7. The number of rotatable bonds is 4. The van der Waals surface area contributed by atoms with Gasteiger partial charge in [-0.1, -0.05) is 13.8 Å². The van der Waals surface area contributed by atoms with Crippen LogP contribution in [0.15, 0.2) is 12.1 Å². The molecule has 3 nitrogen and oxygen atoms in total. The molecule has 0 N–H and O–H groups in total. The van der Waals surface area contributed by atoms with Gasteiger partial charge in [-0.3, -0.25) is 4.79 Å². The van der Waals surface area contributed by atoms with Crippen LogP contribution in [0.5, 0.6) is 5.75 Å². The molecule has 0 aliphatic heterocycles. The number of benzene rings is 1. The maximum Gasteiger partial charge on any atom is 0.177 e. The van der Waals surface area contributed by atoms with E-state index in [1.165, 1.54) is 0 Å². The third-order valence-corrected chi connectivity index (χ3v) is 2.74. The Morgan fingerprint density at radius 3 is 2.59 bits per heavy atom. The molecule has 1 rings (SSSR count). The Morgan fingerprint density at radius 1 is 1.47 bits per heavy atom. The largest absolute Gasteiger partial charge is 0.496 e. The van der Waals surface area contributed by atoms with Crippen molar-refractivity contribution in [3.05, 3.63) is 28.8 Å². The Labute approximate surface area is 102 Å². The fraction of sp³-hybridized carbons (Fsp3) is 0.429. The van der Waals surface area contributed by atoms with Gasteiger partial charge in [-0.25, -0.2) is 0 Å². The predicted molar refractivity (Wildman–Crippen MR) is 66.4 cm³/mol. The molecule has 0 unspecified atom stereocenters. The molecule has 17 heavy (non-hydrogen) atoms. The summed E-state index contributed by atoms with van der Waals surface area (Å²) in [4.78, 5) is 11.8. The van der Waals surface area contributed by atoms with Crippen molar-refractivity contribution in [2.75, 3.05) is 7.11 Å². The normalized spacial score (nSPS) is 10.1. The summed E-state index contributed by atoms with van der Waals surface area (Å²) in [6.07, 6.45) is -0.0787. The van der Waals surface area contributed by atoms with E-state index < -0.39 is 0 Å². The Bertz CT molecular complexity index is 470. The van der Waals surface area contributed by atoms with Crippen molar-refractivity contribution >= 4 is 5.78 Å². The second-order valence-corrected chi connectivity index (χ2v) is 4.32. The lowest BCUT2D eigenvalue weighted by atomic mass is 9.94. The average Bonchev–Trinajstić information content (AvgIpc) is 2.28. The van der Waals surface area contributed by atoms with Gasteiger partial charge in [0.25, 0.3) is 0 Å². The van der Waals surface area contributed by atoms with E-state index in [0.29, 0.717) is 5.56 Å². The Morgan fingerprint density at radius 2 is 2.12 bits per heavy atom. The predicted octanol–water partition coefficient (Wildman–Crippen LogP) is 3.22. The molecule has 0 saturated heterocycles. The number of ketones is 1. The Kier molecular flexibility index (Phi) is 4.28. The number of hydrogen-bond donors (Lipinski definition) is 0. The third-order valence-electron chi connectivity index (χ3n) is 2.74. The monoisotopic (exact) mass is 231 g/mol. The van der Waals surface area contributed by atoms with Gasteiger partial charge in [0.1, 0.15) is 5.75 Å². The highest BCUT2D eigenvalue weighted by molar-refractivity contribution is 5.99. The molecule has 0 heterocycles. The molecule has 0 aliphatic carbocycles. The van der Waals surface area contributed by atoms with E-state index in [2.05, 4.69) is 0 Å². The topological polar surface area (TPSA) is 50.1 Å². The summed E-state index contributed by atoms with van der Waals surface area (Å²) in [7, 11) is 1.62. The van der Waals surface area contributed by atoms with E-state index in [9.17, 15) is 4.79 Å². The minimum Gasteiger partial charge on any atom is -0.496 e. The van der Waals surface area contributed by atoms with E-state index >= 15 is 0 Å². The second-order valence-electron chi connectivity index (χ2n) is 4.32. The SMILES string of the molecule is COc1cc(C)c(C(=O)CC#N)cc1C(C)C. The number of methoxy groups -OCH3 is 1. The number of ether oxygens (including phenoxy) is 1. The van der Waals surface area contributed by atoms with Gasteiger partial charge in [0.15, 0.2) is 5.78 Å². The fourth-order valence-corrected chi connectivity index (χ4v) is 1.79. The van der Waals surface area contributed by atoms with Gasteiger partial charge in [-0.05, 0) is 36.1 Å². The maximum atomic E-state index is 11.8. The highest BCUT2D eigenvalue weighted by Crippen LogP contribution is 2.30. The molecule has 0 atom stereocenters. The molecule has 3 heteroatoms. The van der Waals surface area contributed by atoms with Crippen LogP contribution in [-0.4, -0.2) is 12.9 Å². The summed E-state index contributed by atoms with van der Waals surface area (Å²) in [6.45, 7) is 5.95. The molecular formula is C14H17NO2. The fourth-order valence-electron chi connectivity index (χ4n) is 1.79. The molecule has 0 saturated carbocycles. The minimum absolute atomic E-state index is 0.0787. The van der Waals surface area contributed by atoms with Crippen molar-refractivity contribution in [2.45, 2.75) is 33.1 Å². The van der Waals surface area contributed by atoms with Crippen LogP contribution in [0.3, 0.4) is 0 Å². The van der Waals surface area contributed by atoms with Gasteiger partial charge in [0.05, 0.1) is 19.6 Å². The number of hydrogen-bond acceptors (Lipinski definition) is 3. The van der Waals surface area contributed by atoms with Crippen molar-refractivity contribution in [3.8, 4) is 11.8 Å². The van der Waals surface area contributed by atoms with Crippen LogP contribution in [0, 0.1) is 18.3 Å². The van der Waals surface area contributed by atoms with Crippen molar-refractivity contribution in [1.29, 1.82) is 5.26 Å². The standard InChI is InChI=1S/C14H17NO2/c1-9(2)11-8-12(13(16)5-6-15)10(3)7-14(11)17-4/h7-9H,5H2,1-4H3. The molecule has 0 bridgehead atoms. The molecule has 0 fully saturated rings. The number of carbonyl (C=O) groups excluding carboxylic acids is 1. The number of aryl methyl sites for hydroxylation is 1. The van der Waals surface area contributed by atoms with Gasteiger partial charge in [0, 0.05) is 5.56 Å². The van der Waals surface area contributed by atoms with Crippen LogP contribution in [0.1, 0.15) is 47.7 Å². The first-order chi connectivity index (χ1) is 8.01. The highest BCUT2D eigenvalue weighted by Gasteiger charge is 2.15. The molecule has 0 aliphatic rings. The average molecular weight is 231 g/mol. The minimum atomic E-state index is -0.130. The molecule has 0 radical (unpaired) electrons. The smallest absolute Gasteiger partial charge is 0.177 e. The summed E-state index contributed by atoms with van der Waals surface area (Å²) < 4.78 is 5.31. The Balaban J connectivity index is 3.30. The highest BCUT2D eigenvalue weighted by atomic mass is 16.5. The molecule has 1 aromatic carbocycles. The second kappa shape index (κ2) is 5.49. The van der Waals surface area contributed by atoms with Crippen molar-refractivity contribution < 1.29 is 9.53 Å². The zero-order valence-corrected chi connectivity index (χ0v) is 10.7. The molecule has 0 aromatic heterocycles. The first kappa shape index (κ1) is 13.2. The van der Waals surface area contributed by atoms with Crippen LogP contribution in [-0.2, 0) is 0 Å². The number of nitriles is 1. The summed E-state index contributed by atoms with van der Waals surface area (Å²) in [5.41, 5.74) is 2.47. The summed E-state index contributed by atoms with van der Waals surface area (Å²) >= 11 is 0. The summed E-state index contributed by atoms with van der Waals surface area (Å²) in [6, 6.07) is 5.60. The Hall–Kier alpha value is -1.82. The molecule has 0 amide bonds. The summed E-state index contributed by atoms with van der Waals surface area (Å²) in [5.74, 6) is 0.944. The van der Waals surface area contributed by atoms with Crippen LogP contribution in [0.4, 0.5) is 0 Å². The first-order valence-corrected chi connectivity index (χ1v) is 5.60. The van der Waals surface area contributed by atoms with Gasteiger partial charge in [-0.2, -0.15) is 5.26 Å². The van der Waals surface area contributed by atoms with E-state index in [4.69, 9.17) is 10.00 Å². The number of carbonyl (C=O) groups is 1. The lowest BCUT2D eigenvalue weighted by Crippen LogP contribution is -2.04. The van der Waals surface area contributed by atoms with E-state index in [-0.39, 0.29) is 18.1 Å². The van der Waals surface area contributed by atoms with Crippen molar-refractivity contribution in [3.63, 3.8) is 0 Å². The van der Waals surface area contributed by atoms with E-state index in [1.54, 1.807) is 7.11 Å². The first-order valence-electron chi connectivity index (χ1n) is 5.60. The van der Waals surface area contributed by atoms with Crippen molar-refractivity contribution in [1.82, 2.24) is 0 Å². The van der Waals surface area contributed by atoms with E-state index in [1.807, 2.05) is 39.0 Å². The van der Waals surface area contributed by atoms with Crippen LogP contribution in [0.25, 0.3) is 0 Å². The van der Waals surface area contributed by atoms with Crippen LogP contribution < -0.4 is 4.74 Å². The molecule has 90 valence electrons. The van der Waals surface area contributed by atoms with Crippen LogP contribution >= 0.6 is 0 Å². The third kappa shape index (κ3) is 2.85. The number of nitrogens with zero attached hydrogens (tertiary/aromatic N) is 1. The van der Waals surface area contributed by atoms with Gasteiger partial charge in [0.2, 0.25) is 0 Å². The maximum absolute atomic E-state index is 11.8. The lowest BCUT2D eigenvalue weighted by Gasteiger charge is -2.15. The van der Waals surface area contributed by atoms with Crippen LogP contribution in [0.2, 0.25) is 0 Å². The molecule has 1 aromatic rings. The van der Waals surface area contributed by atoms with E-state index in [0.717, 1.165) is 16.9 Å². The summed E-state index contributed by atoms with van der Waals surface area (Å²) in [5, 5.41) is 8.57. The zero-order chi connectivity index (χ0) is 13.0. The quantitative estimate of drug-likeness (QED) is 0.747. The van der Waals surface area contributed by atoms with Crippen molar-refractivity contribution in [2.24, 2.45) is 0 Å². The number of Topliss-reactive ketones (excluding diaryl/α,β-unsaturated/α-hetero) is 1. The lowest BCUT2D eigenvalue weighted by molar-refractivity contribution is 0.0997.